The van der Waals surface area contributed by atoms with Gasteiger partial charge in [-0.3, -0.25) is 14.3 Å². The van der Waals surface area contributed by atoms with Crippen LogP contribution in [0, 0.1) is 0 Å². The number of rotatable bonds is 2. The number of ether oxygens (including phenoxy) is 1. The van der Waals surface area contributed by atoms with Crippen LogP contribution in [0.2, 0.25) is 0 Å². The molecule has 2 aromatic rings. The fourth-order valence-electron chi connectivity index (χ4n) is 5.99. The monoisotopic (exact) mass is 406 g/mol. The van der Waals surface area contributed by atoms with Gasteiger partial charge in [0.1, 0.15) is 11.8 Å². The lowest BCUT2D eigenvalue weighted by molar-refractivity contribution is -0.138. The lowest BCUT2D eigenvalue weighted by Crippen LogP contribution is -2.49. The molecule has 3 fully saturated rings. The highest BCUT2D eigenvalue weighted by atomic mass is 16.5. The summed E-state index contributed by atoms with van der Waals surface area (Å²) in [5, 5.41) is 4.62. The number of amides is 2. The minimum atomic E-state index is -0.689. The van der Waals surface area contributed by atoms with E-state index in [0.717, 1.165) is 42.5 Å². The number of benzene rings is 1. The maximum absolute atomic E-state index is 13.7. The van der Waals surface area contributed by atoms with Gasteiger partial charge in [0.15, 0.2) is 5.72 Å². The van der Waals surface area contributed by atoms with Crippen LogP contribution < -0.4 is 0 Å². The number of aryl methyl sites for hydroxylation is 2. The Hall–Kier alpha value is -2.67. The fraction of sp³-hybridized carbons (Fsp3) is 0.522. The molecule has 1 aromatic heterocycles. The van der Waals surface area contributed by atoms with Gasteiger partial charge in [0.25, 0.3) is 5.91 Å². The first-order chi connectivity index (χ1) is 14.6. The number of nitrogens with zero attached hydrogens (tertiary/aromatic N) is 4. The maximum atomic E-state index is 13.7. The minimum Gasteiger partial charge on any atom is -0.343 e. The second kappa shape index (κ2) is 6.41. The first kappa shape index (κ1) is 18.1. The SMILES string of the molecule is Cn1nc2c(c1C(=O)N1CC[C@@]34O[C@H](c5ccccc5)CN3C(=O)C[C@@H]14)CCCC2. The Kier molecular flexibility index (Phi) is 3.87. The first-order valence-electron chi connectivity index (χ1n) is 11.0. The number of carbonyl (C=O) groups excluding carboxylic acids is 2. The van der Waals surface area contributed by atoms with Gasteiger partial charge in [-0.2, -0.15) is 5.10 Å². The summed E-state index contributed by atoms with van der Waals surface area (Å²) in [4.78, 5) is 30.3. The van der Waals surface area contributed by atoms with Crippen molar-refractivity contribution >= 4 is 11.8 Å². The minimum absolute atomic E-state index is 0.00330. The molecule has 3 aliphatic heterocycles. The van der Waals surface area contributed by atoms with Gasteiger partial charge in [-0.1, -0.05) is 30.3 Å². The van der Waals surface area contributed by atoms with Gasteiger partial charge >= 0.3 is 0 Å². The molecule has 1 spiro atoms. The van der Waals surface area contributed by atoms with Gasteiger partial charge in [0.2, 0.25) is 5.91 Å². The maximum Gasteiger partial charge on any atom is 0.272 e. The van der Waals surface area contributed by atoms with E-state index in [2.05, 4.69) is 5.10 Å². The molecular weight excluding hydrogens is 380 g/mol. The van der Waals surface area contributed by atoms with Crippen molar-refractivity contribution in [3.05, 3.63) is 52.8 Å². The zero-order valence-corrected chi connectivity index (χ0v) is 17.2. The van der Waals surface area contributed by atoms with Crippen molar-refractivity contribution in [1.29, 1.82) is 0 Å². The van der Waals surface area contributed by atoms with Gasteiger partial charge in [0, 0.05) is 25.6 Å². The molecule has 30 heavy (non-hydrogen) atoms. The molecular formula is C23H26N4O3. The topological polar surface area (TPSA) is 67.7 Å². The number of likely N-dealkylation sites (tertiary alicyclic amines) is 1. The van der Waals surface area contributed by atoms with Crippen LogP contribution in [0.4, 0.5) is 0 Å². The van der Waals surface area contributed by atoms with Gasteiger partial charge in [-0.05, 0) is 31.2 Å². The molecule has 2 amide bonds. The molecule has 4 aliphatic rings. The van der Waals surface area contributed by atoms with E-state index in [1.165, 1.54) is 0 Å². The van der Waals surface area contributed by atoms with E-state index in [1.54, 1.807) is 4.68 Å². The van der Waals surface area contributed by atoms with Crippen molar-refractivity contribution < 1.29 is 14.3 Å². The van der Waals surface area contributed by atoms with Gasteiger partial charge in [0.05, 0.1) is 24.7 Å². The largest absolute Gasteiger partial charge is 0.343 e. The van der Waals surface area contributed by atoms with Crippen LogP contribution in [-0.2, 0) is 29.4 Å². The summed E-state index contributed by atoms with van der Waals surface area (Å²) < 4.78 is 8.33. The summed E-state index contributed by atoms with van der Waals surface area (Å²) in [5.74, 6) is 0.0828. The van der Waals surface area contributed by atoms with Crippen LogP contribution in [0.25, 0.3) is 0 Å². The summed E-state index contributed by atoms with van der Waals surface area (Å²) in [5.41, 5.74) is 3.26. The van der Waals surface area contributed by atoms with E-state index in [4.69, 9.17) is 4.74 Å². The van der Waals surface area contributed by atoms with E-state index in [1.807, 2.05) is 47.2 Å². The van der Waals surface area contributed by atoms with Crippen molar-refractivity contribution in [3.8, 4) is 0 Å². The Bertz CT molecular complexity index is 1030. The quantitative estimate of drug-likeness (QED) is 0.767. The Morgan fingerprint density at radius 2 is 2.00 bits per heavy atom. The first-order valence-corrected chi connectivity index (χ1v) is 11.0. The summed E-state index contributed by atoms with van der Waals surface area (Å²) in [6, 6.07) is 9.83. The fourth-order valence-corrected chi connectivity index (χ4v) is 5.99. The van der Waals surface area contributed by atoms with Crippen molar-refractivity contribution in [2.75, 3.05) is 13.1 Å². The Morgan fingerprint density at radius 3 is 2.83 bits per heavy atom. The lowest BCUT2D eigenvalue weighted by Gasteiger charge is -2.32. The molecule has 4 heterocycles. The highest BCUT2D eigenvalue weighted by Gasteiger charge is 2.65. The Morgan fingerprint density at radius 1 is 1.20 bits per heavy atom. The van der Waals surface area contributed by atoms with Crippen molar-refractivity contribution in [2.24, 2.45) is 7.05 Å². The Labute approximate surface area is 175 Å². The molecule has 0 N–H and O–H groups in total. The van der Waals surface area contributed by atoms with Gasteiger partial charge in [-0.15, -0.1) is 0 Å². The molecule has 156 valence electrons. The second-order valence-corrected chi connectivity index (χ2v) is 8.94. The molecule has 3 atom stereocenters. The van der Waals surface area contributed by atoms with Crippen LogP contribution in [0.1, 0.15) is 59.1 Å². The van der Waals surface area contributed by atoms with Crippen molar-refractivity contribution in [2.45, 2.75) is 56.4 Å². The number of fused-ring (bicyclic) bond motifs is 1. The third kappa shape index (κ3) is 2.38. The van der Waals surface area contributed by atoms with Crippen LogP contribution in [-0.4, -0.2) is 56.3 Å². The van der Waals surface area contributed by atoms with Crippen LogP contribution >= 0.6 is 0 Å². The average molecular weight is 406 g/mol. The molecule has 0 radical (unpaired) electrons. The van der Waals surface area contributed by atoms with Crippen LogP contribution in [0.5, 0.6) is 0 Å². The Balaban J connectivity index is 1.32. The van der Waals surface area contributed by atoms with E-state index in [0.29, 0.717) is 31.6 Å². The molecule has 1 aromatic carbocycles. The van der Waals surface area contributed by atoms with Crippen molar-refractivity contribution in [1.82, 2.24) is 19.6 Å². The number of aromatic nitrogens is 2. The summed E-state index contributed by atoms with van der Waals surface area (Å²) >= 11 is 0. The van der Waals surface area contributed by atoms with E-state index < -0.39 is 5.72 Å². The van der Waals surface area contributed by atoms with Gasteiger partial charge < -0.3 is 14.5 Å². The van der Waals surface area contributed by atoms with Gasteiger partial charge in [-0.25, -0.2) is 0 Å². The van der Waals surface area contributed by atoms with Crippen molar-refractivity contribution in [3.63, 3.8) is 0 Å². The standard InChI is InChI=1S/C23H26N4O3/c1-25-21(16-9-5-6-10-17(16)24-25)22(29)26-12-11-23-19(26)13-20(28)27(23)14-18(30-23)15-7-3-2-4-8-15/h2-4,7-8,18-19H,5-6,9-14H2,1H3/t18-,19+,23-/m0/s1. The molecule has 1 aliphatic carbocycles. The second-order valence-electron chi connectivity index (χ2n) is 8.94. The lowest BCUT2D eigenvalue weighted by atomic mass is 9.95. The molecule has 0 bridgehead atoms. The predicted molar refractivity (Wildman–Crippen MR) is 109 cm³/mol. The molecule has 0 saturated carbocycles. The zero-order valence-electron chi connectivity index (χ0n) is 17.2. The molecule has 6 rings (SSSR count). The highest BCUT2D eigenvalue weighted by Crippen LogP contribution is 2.51. The van der Waals surface area contributed by atoms with Crippen LogP contribution in [0.15, 0.2) is 30.3 Å². The van der Waals surface area contributed by atoms with E-state index in [9.17, 15) is 9.59 Å². The number of carbonyl (C=O) groups is 2. The third-order valence-corrected chi connectivity index (χ3v) is 7.38. The molecule has 3 saturated heterocycles. The van der Waals surface area contributed by atoms with Crippen LogP contribution in [0.3, 0.4) is 0 Å². The number of hydrogen-bond acceptors (Lipinski definition) is 4. The predicted octanol–water partition coefficient (Wildman–Crippen LogP) is 2.21. The average Bonchev–Trinajstić information content (AvgIpc) is 3.46. The summed E-state index contributed by atoms with van der Waals surface area (Å²) in [6.07, 6.45) is 4.94. The van der Waals surface area contributed by atoms with E-state index >= 15 is 0 Å². The summed E-state index contributed by atoms with van der Waals surface area (Å²) in [6.45, 7) is 1.16. The normalized spacial score (nSPS) is 29.8. The molecule has 7 nitrogen and oxygen atoms in total. The smallest absolute Gasteiger partial charge is 0.272 e. The highest BCUT2D eigenvalue weighted by molar-refractivity contribution is 5.96. The zero-order chi connectivity index (χ0) is 20.5. The molecule has 0 unspecified atom stereocenters. The molecule has 7 heteroatoms. The number of hydrogen-bond donors (Lipinski definition) is 0. The third-order valence-electron chi connectivity index (χ3n) is 7.38. The van der Waals surface area contributed by atoms with E-state index in [-0.39, 0.29) is 24.0 Å². The summed E-state index contributed by atoms with van der Waals surface area (Å²) in [7, 11) is 1.86.